The molecule has 0 heterocycles. The van der Waals surface area contributed by atoms with Crippen LogP contribution in [0.1, 0.15) is 34.5 Å². The summed E-state index contributed by atoms with van der Waals surface area (Å²) in [6.07, 6.45) is 0.264. The van der Waals surface area contributed by atoms with Crippen LogP contribution in [0.5, 0.6) is 0 Å². The molecule has 24 heavy (non-hydrogen) atoms. The summed E-state index contributed by atoms with van der Waals surface area (Å²) in [7, 11) is 0. The van der Waals surface area contributed by atoms with Gasteiger partial charge in [0.05, 0.1) is 1.37 Å². The third-order valence-electron chi connectivity index (χ3n) is 3.14. The lowest BCUT2D eigenvalue weighted by atomic mass is 10.1. The van der Waals surface area contributed by atoms with Crippen LogP contribution in [0.15, 0.2) is 0 Å². The van der Waals surface area contributed by atoms with Gasteiger partial charge in [-0.2, -0.15) is 12.6 Å². The van der Waals surface area contributed by atoms with Gasteiger partial charge in [0.2, 0.25) is 11.8 Å². The highest BCUT2D eigenvalue weighted by Gasteiger charge is 2.27. The fourth-order valence-electron chi connectivity index (χ4n) is 1.73. The molecule has 0 aromatic rings. The number of carboxylic acids is 2. The minimum absolute atomic E-state index is 0.0479. The summed E-state index contributed by atoms with van der Waals surface area (Å²) in [4.78, 5) is 45.8. The summed E-state index contributed by atoms with van der Waals surface area (Å²) in [6.45, 7) is 2.95. The van der Waals surface area contributed by atoms with Gasteiger partial charge in [0.1, 0.15) is 18.1 Å². The first kappa shape index (κ1) is 20.2. The van der Waals surface area contributed by atoms with E-state index in [0.717, 1.165) is 0 Å². The Kier molecular flexibility index (Phi) is 9.16. The van der Waals surface area contributed by atoms with E-state index < -0.39 is 47.8 Å². The van der Waals surface area contributed by atoms with Gasteiger partial charge in [-0.25, -0.2) is 4.79 Å². The number of hydrogen-bond acceptors (Lipinski definition) is 6. The van der Waals surface area contributed by atoms with Gasteiger partial charge < -0.3 is 26.6 Å². The van der Waals surface area contributed by atoms with Gasteiger partial charge in [0.15, 0.2) is 0 Å². The molecule has 0 bridgehead atoms. The molecule has 0 aliphatic heterocycles. The van der Waals surface area contributed by atoms with E-state index in [2.05, 4.69) is 23.3 Å². The molecule has 0 aliphatic carbocycles. The molecule has 2 amide bonds. The summed E-state index contributed by atoms with van der Waals surface area (Å²) in [5, 5.41) is 22.3. The van der Waals surface area contributed by atoms with Crippen LogP contribution in [0.3, 0.4) is 0 Å². The van der Waals surface area contributed by atoms with E-state index in [0.29, 0.717) is 0 Å². The Morgan fingerprint density at radius 2 is 1.75 bits per heavy atom. The number of hydrogen-bond donors (Lipinski definition) is 6. The Bertz CT molecular complexity index is 519. The minimum atomic E-state index is -2.22. The van der Waals surface area contributed by atoms with E-state index in [1.165, 1.54) is 13.8 Å². The molecule has 0 aromatic heterocycles. The van der Waals surface area contributed by atoms with Crippen LogP contribution in [0.2, 0.25) is 0 Å². The fraction of sp³-hybridized carbons (Fsp3) is 0.714. The molecule has 0 unspecified atom stereocenters. The largest absolute Gasteiger partial charge is 0.480 e. The lowest BCUT2D eigenvalue weighted by Crippen LogP contribution is -2.53. The molecule has 0 aliphatic rings. The maximum Gasteiger partial charge on any atom is 0.326 e. The van der Waals surface area contributed by atoms with Crippen LogP contribution >= 0.6 is 12.6 Å². The van der Waals surface area contributed by atoms with Crippen molar-refractivity contribution in [2.24, 2.45) is 11.7 Å². The number of aliphatic carboxylic acids is 2. The van der Waals surface area contributed by atoms with Crippen molar-refractivity contribution in [2.75, 3.05) is 5.75 Å². The average Bonchev–Trinajstić information content (AvgIpc) is 2.51. The van der Waals surface area contributed by atoms with Gasteiger partial charge in [0.25, 0.3) is 0 Å². The van der Waals surface area contributed by atoms with E-state index in [4.69, 9.17) is 17.3 Å². The summed E-state index contributed by atoms with van der Waals surface area (Å²) in [5.74, 6) is -4.84. The number of nitrogens with two attached hydrogens (primary N) is 1. The molecule has 0 saturated heterocycles. The van der Waals surface area contributed by atoms with Crippen molar-refractivity contribution in [1.29, 1.82) is 0 Å². The highest BCUT2D eigenvalue weighted by molar-refractivity contribution is 7.80. The zero-order valence-corrected chi connectivity index (χ0v) is 14.5. The maximum absolute atomic E-state index is 12.1. The van der Waals surface area contributed by atoms with Crippen molar-refractivity contribution in [1.82, 2.24) is 10.6 Å². The molecule has 0 saturated carbocycles. The van der Waals surface area contributed by atoms with Crippen molar-refractivity contribution < 1.29 is 30.8 Å². The second-order valence-electron chi connectivity index (χ2n) is 5.50. The van der Waals surface area contributed by atoms with E-state index in [-0.39, 0.29) is 25.0 Å². The standard InChI is InChI=1S/C14H25N3O6S/c1-7(2)11(14(22)23)17-12(19)9(6-24)16-10(18)5-3-4-8(15)13(20)21/h7-9,11,24H,3-6,15H2,1-2H3,(H,16,18)(H,17,19)(H,20,21)(H,22,23)/t8-,9+,11-/m1/s1/i7+1,11D. The minimum Gasteiger partial charge on any atom is -0.480 e. The highest BCUT2D eigenvalue weighted by Crippen LogP contribution is 2.04. The number of carboxylic acid groups (broad SMARTS) is 2. The van der Waals surface area contributed by atoms with Crippen LogP contribution in [-0.2, 0) is 19.2 Å². The zero-order chi connectivity index (χ0) is 19.8. The first-order chi connectivity index (χ1) is 11.5. The molecule has 0 spiro atoms. The SMILES string of the molecule is [2H][C@](NC(=O)[C@H](CS)NC(=O)CCC[C@@H](N)C(=O)O)(C(=O)O)[13CH](C)C. The number of carbonyl (C=O) groups excluding carboxylic acids is 2. The van der Waals surface area contributed by atoms with Gasteiger partial charge >= 0.3 is 11.9 Å². The summed E-state index contributed by atoms with van der Waals surface area (Å²) in [6, 6.07) is -4.41. The predicted octanol–water partition coefficient (Wildman–Crippen LogP) is -0.791. The van der Waals surface area contributed by atoms with Crippen LogP contribution in [0, 0.1) is 5.92 Å². The second-order valence-corrected chi connectivity index (χ2v) is 5.87. The van der Waals surface area contributed by atoms with Crippen LogP contribution in [0.4, 0.5) is 0 Å². The predicted molar refractivity (Wildman–Crippen MR) is 89.7 cm³/mol. The van der Waals surface area contributed by atoms with E-state index >= 15 is 0 Å². The van der Waals surface area contributed by atoms with E-state index in [1.807, 2.05) is 0 Å². The molecule has 0 rings (SSSR count). The Morgan fingerprint density at radius 1 is 1.17 bits per heavy atom. The van der Waals surface area contributed by atoms with Crippen LogP contribution in [0.25, 0.3) is 0 Å². The van der Waals surface area contributed by atoms with Crippen LogP contribution in [-0.4, -0.2) is 57.8 Å². The Morgan fingerprint density at radius 3 is 2.17 bits per heavy atom. The molecule has 10 heteroatoms. The van der Waals surface area contributed by atoms with Crippen molar-refractivity contribution in [2.45, 2.75) is 51.2 Å². The lowest BCUT2D eigenvalue weighted by Gasteiger charge is -2.22. The van der Waals surface area contributed by atoms with Crippen molar-refractivity contribution in [3.05, 3.63) is 0 Å². The Labute approximate surface area is 147 Å². The van der Waals surface area contributed by atoms with Crippen molar-refractivity contribution >= 4 is 36.4 Å². The zero-order valence-electron chi connectivity index (χ0n) is 14.6. The quantitative estimate of drug-likeness (QED) is 0.207. The summed E-state index contributed by atoms with van der Waals surface area (Å²) >= 11 is 3.95. The molecule has 0 radical (unpaired) electrons. The first-order valence-corrected chi connectivity index (χ1v) is 8.03. The van der Waals surface area contributed by atoms with Crippen molar-refractivity contribution in [3.8, 4) is 0 Å². The van der Waals surface area contributed by atoms with Gasteiger partial charge in [-0.3, -0.25) is 14.4 Å². The van der Waals surface area contributed by atoms with E-state index in [9.17, 15) is 19.2 Å². The number of nitrogens with one attached hydrogen (secondary N) is 2. The molecule has 6 N–H and O–H groups in total. The molecule has 0 aromatic carbocycles. The average molecular weight is 365 g/mol. The highest BCUT2D eigenvalue weighted by atomic mass is 32.1. The normalized spacial score (nSPS) is 16.5. The van der Waals surface area contributed by atoms with Crippen LogP contribution < -0.4 is 16.4 Å². The summed E-state index contributed by atoms with van der Waals surface area (Å²) in [5.41, 5.74) is 5.32. The topological polar surface area (TPSA) is 159 Å². The van der Waals surface area contributed by atoms with Crippen molar-refractivity contribution in [3.63, 3.8) is 0 Å². The lowest BCUT2D eigenvalue weighted by molar-refractivity contribution is -0.143. The Balaban J connectivity index is 4.67. The Hall–Kier alpha value is -1.81. The number of carbonyl (C=O) groups is 4. The molecular weight excluding hydrogens is 339 g/mol. The molecule has 0 fully saturated rings. The number of amides is 2. The molecule has 9 nitrogen and oxygen atoms in total. The summed E-state index contributed by atoms with van der Waals surface area (Å²) < 4.78 is 7.87. The molecular formula is C14H25N3O6S. The van der Waals surface area contributed by atoms with Gasteiger partial charge in [0, 0.05) is 12.2 Å². The maximum atomic E-state index is 12.1. The smallest absolute Gasteiger partial charge is 0.326 e. The molecule has 3 atom stereocenters. The van der Waals surface area contributed by atoms with Gasteiger partial charge in [-0.1, -0.05) is 13.8 Å². The van der Waals surface area contributed by atoms with Gasteiger partial charge in [-0.05, 0) is 18.8 Å². The number of rotatable bonds is 11. The van der Waals surface area contributed by atoms with Gasteiger partial charge in [-0.15, -0.1) is 0 Å². The first-order valence-electron chi connectivity index (χ1n) is 7.89. The third kappa shape index (κ3) is 8.16. The molecule has 138 valence electrons. The second kappa shape index (κ2) is 10.9. The fourth-order valence-corrected chi connectivity index (χ4v) is 1.99. The monoisotopic (exact) mass is 365 g/mol. The number of thiol groups is 1. The third-order valence-corrected chi connectivity index (χ3v) is 3.50. The van der Waals surface area contributed by atoms with E-state index in [1.54, 1.807) is 0 Å².